The van der Waals surface area contributed by atoms with E-state index < -0.39 is 73.1 Å². The van der Waals surface area contributed by atoms with Gasteiger partial charge in [-0.3, -0.25) is 43.3 Å². The summed E-state index contributed by atoms with van der Waals surface area (Å²) in [4.78, 5) is 133. The van der Waals surface area contributed by atoms with Crippen LogP contribution in [0.3, 0.4) is 0 Å². The van der Waals surface area contributed by atoms with Crippen molar-refractivity contribution in [1.82, 2.24) is 31.1 Å². The molecule has 12 rings (SSSR count). The maximum atomic E-state index is 14.5. The molecule has 24 heteroatoms. The number of nitrogens with one attached hydrogen (secondary N) is 4. The molecule has 5 aromatic carbocycles. The van der Waals surface area contributed by atoms with E-state index in [-0.39, 0.29) is 102 Å². The van der Waals surface area contributed by atoms with E-state index in [2.05, 4.69) is 33.1 Å². The van der Waals surface area contributed by atoms with Crippen LogP contribution in [0, 0.1) is 28.6 Å². The molecule has 5 atom stereocenters. The summed E-state index contributed by atoms with van der Waals surface area (Å²) in [6.07, 6.45) is 6.66. The number of benzene rings is 5. The number of aliphatic hydroxyl groups is 1. The number of carbonyl (C=O) groups is 9. The maximum absolute atomic E-state index is 14.5. The molecule has 5 aliphatic heterocycles. The van der Waals surface area contributed by atoms with Crippen LogP contribution in [0.2, 0.25) is 0 Å². The minimum atomic E-state index is -1.46. The second kappa shape index (κ2) is 29.4. The van der Waals surface area contributed by atoms with Gasteiger partial charge in [-0.2, -0.15) is 0 Å². The monoisotopic (exact) mass is 1350 g/mol. The van der Waals surface area contributed by atoms with Gasteiger partial charge in [-0.15, -0.1) is 0 Å². The number of ketones is 1. The maximum Gasteiger partial charge on any atom is 0.416 e. The number of anilines is 2. The van der Waals surface area contributed by atoms with E-state index in [1.807, 2.05) is 53.6 Å². The van der Waals surface area contributed by atoms with Crippen molar-refractivity contribution in [3.05, 3.63) is 136 Å². The van der Waals surface area contributed by atoms with Crippen LogP contribution in [0.25, 0.3) is 0 Å². The van der Waals surface area contributed by atoms with E-state index >= 15 is 0 Å². The van der Waals surface area contributed by atoms with Gasteiger partial charge in [-0.05, 0) is 128 Å². The average Bonchev–Trinajstić information content (AvgIpc) is 1.58. The molecule has 0 radical (unpaired) electrons. The summed E-state index contributed by atoms with van der Waals surface area (Å²) >= 11 is 0. The van der Waals surface area contributed by atoms with Gasteiger partial charge in [0.25, 0.3) is 11.8 Å². The predicted octanol–water partition coefficient (Wildman–Crippen LogP) is 7.23. The van der Waals surface area contributed by atoms with Gasteiger partial charge in [0.1, 0.15) is 12.6 Å². The molecule has 24 nitrogen and oxygen atoms in total. The Balaban J connectivity index is 0.590. The van der Waals surface area contributed by atoms with Crippen molar-refractivity contribution in [2.75, 3.05) is 63.4 Å². The molecular weight excluding hydrogens is 1270 g/mol. The van der Waals surface area contributed by atoms with E-state index in [1.54, 1.807) is 79.3 Å². The van der Waals surface area contributed by atoms with Crippen molar-refractivity contribution in [2.45, 2.75) is 141 Å². The number of Topliss-reactive ketones (excluding diaryl/α,β-unsaturated/α-hetero) is 1. The highest BCUT2D eigenvalue weighted by atomic mass is 16.6. The molecule has 4 fully saturated rings. The number of hydrogen-bond acceptors (Lipinski definition) is 16. The van der Waals surface area contributed by atoms with E-state index in [9.17, 15) is 48.3 Å². The fourth-order valence-electron chi connectivity index (χ4n) is 13.7. The number of nitrogens with zero attached hydrogens (tertiary/aromatic N) is 5. The number of rotatable bonds is 26. The van der Waals surface area contributed by atoms with Gasteiger partial charge in [0.15, 0.2) is 35.0 Å². The highest BCUT2D eigenvalue weighted by molar-refractivity contribution is 6.07. The normalized spacial score (nSPS) is 19.0. The van der Waals surface area contributed by atoms with Crippen molar-refractivity contribution in [3.63, 3.8) is 0 Å². The second-order valence-corrected chi connectivity index (χ2v) is 27.3. The second-order valence-electron chi connectivity index (χ2n) is 27.3. The van der Waals surface area contributed by atoms with E-state index in [0.717, 1.165) is 54.7 Å². The summed E-state index contributed by atoms with van der Waals surface area (Å²) in [6, 6.07) is 25.4. The summed E-state index contributed by atoms with van der Waals surface area (Å²) < 4.78 is 29.8. The molecule has 5 aromatic rings. The molecule has 518 valence electrons. The summed E-state index contributed by atoms with van der Waals surface area (Å²) in [7, 11) is 3.01. The third-order valence-electron chi connectivity index (χ3n) is 19.8. The quantitative estimate of drug-likeness (QED) is 0.0270. The summed E-state index contributed by atoms with van der Waals surface area (Å²) in [5.74, 6) is 3.85. The van der Waals surface area contributed by atoms with Gasteiger partial charge in [-0.25, -0.2) is 9.69 Å². The number of para-hydroxylation sites is 1. The summed E-state index contributed by atoms with van der Waals surface area (Å²) in [5.41, 5.74) is 5.58. The average molecular weight is 1350 g/mol. The van der Waals surface area contributed by atoms with Gasteiger partial charge < -0.3 is 64.8 Å². The number of amides is 8. The first kappa shape index (κ1) is 68.7. The van der Waals surface area contributed by atoms with Crippen molar-refractivity contribution in [2.24, 2.45) is 21.7 Å². The van der Waals surface area contributed by atoms with Crippen LogP contribution >= 0.6 is 0 Å². The standard InChI is InChI=1S/C75H83N9O15/c1-45(2)68(80-66(88)40-78-65(87)39-77-64(86)23-24-67(89)81-41-51-15-8-7-13-49(51)21-22-50-14-9-10-16-56(50)81)69(90)79-46(3)59(85)31-47-17-19-48(20-18-47)42-99-73(94)84-57-35-63(61(96-5)33-54(57)71(92)83-44-75(27-28-75)37-58(83)72(84)93)98-30-12-6-11-29-97-62-34-55-53(32-60(62)95-4)70(91)82-43-74(25-26-74)36-52(82)38-76-55/h7-10,13-20,32-35,38,45-46,52,58,68,72,93H,6,11-12,23-31,36-37,39-44H2,1-5H3,(H,77,86)(H,78,87)(H,79,90)(H,80,88)/t46-,52-,58-,68-,72?/m0/s1. The molecule has 0 aromatic heterocycles. The molecule has 2 aliphatic carbocycles. The fourth-order valence-corrected chi connectivity index (χ4v) is 13.7. The van der Waals surface area contributed by atoms with E-state index in [4.69, 9.17) is 28.7 Å². The Labute approximate surface area is 574 Å². The highest BCUT2D eigenvalue weighted by Gasteiger charge is 2.58. The van der Waals surface area contributed by atoms with Crippen LogP contribution in [0.15, 0.2) is 102 Å². The summed E-state index contributed by atoms with van der Waals surface area (Å²) in [6.45, 7) is 5.83. The predicted molar refractivity (Wildman–Crippen MR) is 365 cm³/mol. The van der Waals surface area contributed by atoms with Gasteiger partial charge in [-0.1, -0.05) is 80.3 Å². The lowest BCUT2D eigenvalue weighted by molar-refractivity contribution is -0.132. The van der Waals surface area contributed by atoms with Crippen molar-refractivity contribution in [3.8, 4) is 34.8 Å². The van der Waals surface area contributed by atoms with Crippen molar-refractivity contribution < 1.29 is 71.9 Å². The number of aliphatic imine (C=N–C) groups is 1. The molecule has 99 heavy (non-hydrogen) atoms. The number of methoxy groups -OCH3 is 2. The van der Waals surface area contributed by atoms with Crippen molar-refractivity contribution in [1.29, 1.82) is 0 Å². The molecule has 0 bridgehead atoms. The first-order valence-corrected chi connectivity index (χ1v) is 33.9. The Morgan fingerprint density at radius 2 is 1.27 bits per heavy atom. The molecule has 2 saturated carbocycles. The van der Waals surface area contributed by atoms with Gasteiger partial charge in [0.05, 0.1) is 93.4 Å². The van der Waals surface area contributed by atoms with Crippen molar-refractivity contribution >= 4 is 76.5 Å². The number of unbranched alkanes of at least 4 members (excludes halogenated alkanes) is 2. The zero-order valence-electron chi connectivity index (χ0n) is 56.3. The van der Waals surface area contributed by atoms with Crippen LogP contribution in [0.1, 0.15) is 140 Å². The number of fused-ring (bicyclic) bond motifs is 6. The van der Waals surface area contributed by atoms with Gasteiger partial charge in [0.2, 0.25) is 29.5 Å². The van der Waals surface area contributed by atoms with Crippen LogP contribution in [-0.4, -0.2) is 158 Å². The fraction of sp³-hybridized carbons (Fsp3) is 0.440. The first-order chi connectivity index (χ1) is 47.7. The van der Waals surface area contributed by atoms with Crippen LogP contribution in [0.4, 0.5) is 21.9 Å². The van der Waals surface area contributed by atoms with E-state index in [1.165, 1.54) is 20.1 Å². The van der Waals surface area contributed by atoms with Crippen LogP contribution in [0.5, 0.6) is 23.0 Å². The van der Waals surface area contributed by atoms with Crippen LogP contribution in [-0.2, 0) is 53.1 Å². The molecule has 8 amide bonds. The lowest BCUT2D eigenvalue weighted by Crippen LogP contribution is -2.54. The number of hydrogen-bond donors (Lipinski definition) is 5. The smallest absolute Gasteiger partial charge is 0.416 e. The molecule has 5 heterocycles. The topological polar surface area (TPSA) is 293 Å². The Morgan fingerprint density at radius 1 is 0.657 bits per heavy atom. The Bertz CT molecular complexity index is 4100. The third kappa shape index (κ3) is 15.5. The molecule has 2 saturated heterocycles. The van der Waals surface area contributed by atoms with Gasteiger partial charge >= 0.3 is 6.09 Å². The zero-order chi connectivity index (χ0) is 69.7. The molecule has 2 spiro atoms. The lowest BCUT2D eigenvalue weighted by atomic mass is 10.0. The summed E-state index contributed by atoms with van der Waals surface area (Å²) in [5, 5.41) is 22.4. The van der Waals surface area contributed by atoms with Crippen LogP contribution < -0.4 is 50.0 Å². The molecule has 7 aliphatic rings. The minimum Gasteiger partial charge on any atom is -0.493 e. The molecule has 5 N–H and O–H groups in total. The zero-order valence-corrected chi connectivity index (χ0v) is 56.3. The number of carbonyl (C=O) groups excluding carboxylic acids is 9. The lowest BCUT2D eigenvalue weighted by Gasteiger charge is -2.31. The SMILES string of the molecule is COc1cc2c(cc1OCCCCCOc1cc3c(cc1OC)C(=O)N1CC4(CC4)C[C@H]1C(O)N3C(=O)OCc1ccc(CC(=O)[C@H](C)NC(=O)[C@@H](NC(=O)CNC(=O)CNC(=O)CCC(=O)N3Cc4ccccc4C#Cc4ccccc43)C(C)C)cc1)N=C[C@@H]1CC3(CC3)CN1C2=O. The molecule has 1 unspecified atom stereocenters. The third-order valence-corrected chi connectivity index (χ3v) is 19.8. The highest BCUT2D eigenvalue weighted by Crippen LogP contribution is 2.58. The Hall–Kier alpha value is -10.3. The minimum absolute atomic E-state index is 0.0139. The largest absolute Gasteiger partial charge is 0.493 e. The number of aliphatic hydroxyl groups excluding tert-OH is 1. The first-order valence-electron chi connectivity index (χ1n) is 33.9. The van der Waals surface area contributed by atoms with E-state index in [0.29, 0.717) is 84.0 Å². The van der Waals surface area contributed by atoms with Gasteiger partial charge in [0, 0.05) is 61.8 Å². The Morgan fingerprint density at radius 3 is 1.98 bits per heavy atom. The Kier molecular flexibility index (Phi) is 20.4. The molecular formula is C75H83N9O15. The number of ether oxygens (including phenoxy) is 5.